The first-order valence-corrected chi connectivity index (χ1v) is 7.38. The van der Waals surface area contributed by atoms with E-state index in [0.29, 0.717) is 12.5 Å². The minimum Gasteiger partial charge on any atom is -0.478 e. The van der Waals surface area contributed by atoms with E-state index >= 15 is 0 Å². The second-order valence-electron chi connectivity index (χ2n) is 5.08. The molecule has 1 aliphatic rings. The van der Waals surface area contributed by atoms with Crippen LogP contribution in [0.25, 0.3) is 0 Å². The van der Waals surface area contributed by atoms with E-state index in [9.17, 15) is 0 Å². The first-order chi connectivity index (χ1) is 9.79. The van der Waals surface area contributed by atoms with Crippen LogP contribution in [0.3, 0.4) is 0 Å². The smallest absolute Gasteiger partial charge is 0.218 e. The van der Waals surface area contributed by atoms with Crippen molar-refractivity contribution in [1.29, 1.82) is 0 Å². The number of nitrogens with zero attached hydrogens (tertiary/aromatic N) is 4. The van der Waals surface area contributed by atoms with Gasteiger partial charge in [0, 0.05) is 52.4 Å². The predicted octanol–water partition coefficient (Wildman–Crippen LogP) is 0.607. The van der Waals surface area contributed by atoms with Gasteiger partial charge < -0.3 is 15.0 Å². The third kappa shape index (κ3) is 4.61. The Morgan fingerprint density at radius 1 is 1.35 bits per heavy atom. The molecule has 0 atom stereocenters. The van der Waals surface area contributed by atoms with Crippen molar-refractivity contribution in [1.82, 2.24) is 20.2 Å². The molecule has 1 saturated heterocycles. The fourth-order valence-corrected chi connectivity index (χ4v) is 2.16. The molecule has 20 heavy (non-hydrogen) atoms. The van der Waals surface area contributed by atoms with Crippen LogP contribution in [0.15, 0.2) is 12.4 Å². The van der Waals surface area contributed by atoms with Crippen molar-refractivity contribution in [2.24, 2.45) is 0 Å². The van der Waals surface area contributed by atoms with Gasteiger partial charge >= 0.3 is 0 Å². The molecule has 1 aliphatic heterocycles. The van der Waals surface area contributed by atoms with Gasteiger partial charge in [0.2, 0.25) is 5.88 Å². The maximum atomic E-state index is 5.54. The fourth-order valence-electron chi connectivity index (χ4n) is 2.16. The van der Waals surface area contributed by atoms with Crippen molar-refractivity contribution in [3.05, 3.63) is 12.4 Å². The van der Waals surface area contributed by atoms with E-state index in [1.54, 1.807) is 6.33 Å². The Balaban J connectivity index is 1.82. The van der Waals surface area contributed by atoms with Crippen LogP contribution < -0.4 is 15.0 Å². The lowest BCUT2D eigenvalue weighted by atomic mass is 10.3. The number of rotatable bonds is 7. The molecule has 2 heterocycles. The van der Waals surface area contributed by atoms with Gasteiger partial charge in [0.05, 0.1) is 6.61 Å². The molecule has 0 spiro atoms. The van der Waals surface area contributed by atoms with E-state index in [-0.39, 0.29) is 0 Å². The molecule has 0 saturated carbocycles. The second kappa shape index (κ2) is 8.01. The average molecular weight is 279 g/mol. The molecule has 0 bridgehead atoms. The van der Waals surface area contributed by atoms with Gasteiger partial charge in [0.25, 0.3) is 0 Å². The zero-order valence-corrected chi connectivity index (χ0v) is 12.5. The Morgan fingerprint density at radius 3 is 2.90 bits per heavy atom. The summed E-state index contributed by atoms with van der Waals surface area (Å²) in [5, 5.41) is 3.37. The summed E-state index contributed by atoms with van der Waals surface area (Å²) in [6.45, 7) is 9.24. The maximum Gasteiger partial charge on any atom is 0.218 e. The molecule has 0 aromatic carbocycles. The fraction of sp³-hybridized carbons (Fsp3) is 0.714. The summed E-state index contributed by atoms with van der Waals surface area (Å²) in [4.78, 5) is 13.1. The third-order valence-corrected chi connectivity index (χ3v) is 3.43. The molecule has 1 aromatic heterocycles. The number of ether oxygens (including phenoxy) is 1. The van der Waals surface area contributed by atoms with E-state index < -0.39 is 0 Å². The van der Waals surface area contributed by atoms with E-state index in [1.165, 1.54) is 0 Å². The highest BCUT2D eigenvalue weighted by Crippen LogP contribution is 2.14. The second-order valence-corrected chi connectivity index (χ2v) is 5.08. The summed E-state index contributed by atoms with van der Waals surface area (Å²) in [6.07, 6.45) is 2.56. The van der Waals surface area contributed by atoms with Gasteiger partial charge in [-0.1, -0.05) is 6.92 Å². The minimum atomic E-state index is 0.658. The van der Waals surface area contributed by atoms with Crippen molar-refractivity contribution >= 4 is 5.82 Å². The molecule has 6 nitrogen and oxygen atoms in total. The molecule has 6 heteroatoms. The van der Waals surface area contributed by atoms with Gasteiger partial charge in [0.1, 0.15) is 12.1 Å². The number of piperazine rings is 1. The van der Waals surface area contributed by atoms with Gasteiger partial charge in [-0.05, 0) is 6.42 Å². The van der Waals surface area contributed by atoms with Gasteiger partial charge in [-0.2, -0.15) is 0 Å². The van der Waals surface area contributed by atoms with E-state index in [2.05, 4.69) is 39.1 Å². The summed E-state index contributed by atoms with van der Waals surface area (Å²) < 4.78 is 5.54. The lowest BCUT2D eigenvalue weighted by molar-refractivity contribution is 0.246. The Kier molecular flexibility index (Phi) is 6.01. The molecule has 1 fully saturated rings. The van der Waals surface area contributed by atoms with Gasteiger partial charge in [-0.3, -0.25) is 4.90 Å². The highest BCUT2D eigenvalue weighted by atomic mass is 16.5. The number of nitrogens with one attached hydrogen (secondary N) is 1. The zero-order chi connectivity index (χ0) is 14.2. The van der Waals surface area contributed by atoms with Crippen molar-refractivity contribution in [2.75, 3.05) is 57.8 Å². The molecule has 112 valence electrons. The van der Waals surface area contributed by atoms with Crippen molar-refractivity contribution in [3.8, 4) is 5.88 Å². The van der Waals surface area contributed by atoms with Crippen molar-refractivity contribution in [3.63, 3.8) is 0 Å². The Bertz CT molecular complexity index is 395. The third-order valence-electron chi connectivity index (χ3n) is 3.43. The van der Waals surface area contributed by atoms with E-state index in [0.717, 1.165) is 51.5 Å². The first-order valence-electron chi connectivity index (χ1n) is 7.38. The van der Waals surface area contributed by atoms with Crippen LogP contribution in [0.2, 0.25) is 0 Å². The maximum absolute atomic E-state index is 5.54. The predicted molar refractivity (Wildman–Crippen MR) is 80.4 cm³/mol. The number of likely N-dealkylation sites (N-methyl/N-ethyl adjacent to an activating group) is 1. The monoisotopic (exact) mass is 279 g/mol. The first kappa shape index (κ1) is 15.0. The number of aromatic nitrogens is 2. The van der Waals surface area contributed by atoms with Crippen LogP contribution in [-0.4, -0.2) is 67.8 Å². The van der Waals surface area contributed by atoms with Crippen LogP contribution in [0.5, 0.6) is 5.88 Å². The van der Waals surface area contributed by atoms with Crippen LogP contribution in [0.4, 0.5) is 5.82 Å². The van der Waals surface area contributed by atoms with Gasteiger partial charge in [-0.15, -0.1) is 0 Å². The van der Waals surface area contributed by atoms with E-state index in [1.807, 2.05) is 6.07 Å². The Labute approximate surface area is 121 Å². The lowest BCUT2D eigenvalue weighted by Crippen LogP contribution is -2.46. The summed E-state index contributed by atoms with van der Waals surface area (Å²) in [7, 11) is 2.06. The standard InChI is InChI=1S/C14H25N5O/c1-3-10-20-14-11-13(16-12-17-14)18(2)8-9-19-6-4-15-5-7-19/h11-12,15H,3-10H2,1-2H3. The molecule has 1 N–H and O–H groups in total. The summed E-state index contributed by atoms with van der Waals surface area (Å²) in [5.74, 6) is 1.58. The number of hydrogen-bond acceptors (Lipinski definition) is 6. The highest BCUT2D eigenvalue weighted by Gasteiger charge is 2.11. The van der Waals surface area contributed by atoms with Crippen LogP contribution >= 0.6 is 0 Å². The Hall–Kier alpha value is -1.40. The normalized spacial score (nSPS) is 16.1. The molecular formula is C14H25N5O. The average Bonchev–Trinajstić information content (AvgIpc) is 2.52. The topological polar surface area (TPSA) is 53.5 Å². The molecule has 0 radical (unpaired) electrons. The molecular weight excluding hydrogens is 254 g/mol. The van der Waals surface area contributed by atoms with Crippen molar-refractivity contribution < 1.29 is 4.74 Å². The number of hydrogen-bond donors (Lipinski definition) is 1. The van der Waals surface area contributed by atoms with Crippen LogP contribution in [0.1, 0.15) is 13.3 Å². The van der Waals surface area contributed by atoms with Gasteiger partial charge in [-0.25, -0.2) is 9.97 Å². The molecule has 1 aromatic rings. The SMILES string of the molecule is CCCOc1cc(N(C)CCN2CCNCC2)ncn1. The van der Waals surface area contributed by atoms with Crippen molar-refractivity contribution in [2.45, 2.75) is 13.3 Å². The summed E-state index contributed by atoms with van der Waals surface area (Å²) in [5.41, 5.74) is 0. The number of anilines is 1. The molecule has 2 rings (SSSR count). The zero-order valence-electron chi connectivity index (χ0n) is 12.5. The molecule has 0 unspecified atom stereocenters. The summed E-state index contributed by atoms with van der Waals surface area (Å²) >= 11 is 0. The largest absolute Gasteiger partial charge is 0.478 e. The Morgan fingerprint density at radius 2 is 2.15 bits per heavy atom. The van der Waals surface area contributed by atoms with Gasteiger partial charge in [0.15, 0.2) is 0 Å². The van der Waals surface area contributed by atoms with E-state index in [4.69, 9.17) is 4.74 Å². The highest BCUT2D eigenvalue weighted by molar-refractivity contribution is 5.39. The quantitative estimate of drug-likeness (QED) is 0.789. The van der Waals surface area contributed by atoms with Crippen LogP contribution in [0, 0.1) is 0 Å². The lowest BCUT2D eigenvalue weighted by Gasteiger charge is -2.29. The minimum absolute atomic E-state index is 0.658. The van der Waals surface area contributed by atoms with Crippen LogP contribution in [-0.2, 0) is 0 Å². The molecule has 0 aliphatic carbocycles. The summed E-state index contributed by atoms with van der Waals surface area (Å²) in [6, 6.07) is 1.91. The molecule has 0 amide bonds.